The van der Waals surface area contributed by atoms with E-state index in [9.17, 15) is 4.79 Å². The molecule has 2 rings (SSSR count). The third-order valence-corrected chi connectivity index (χ3v) is 2.47. The highest BCUT2D eigenvalue weighted by molar-refractivity contribution is 6.02. The van der Waals surface area contributed by atoms with Crippen molar-refractivity contribution < 1.29 is 14.4 Å². The number of nitrogens with zero attached hydrogens (tertiary/aromatic N) is 1. The first-order valence-corrected chi connectivity index (χ1v) is 5.59. The van der Waals surface area contributed by atoms with Crippen molar-refractivity contribution in [2.45, 2.75) is 6.42 Å². The Bertz CT molecular complexity index is 574. The summed E-state index contributed by atoms with van der Waals surface area (Å²) in [6, 6.07) is 10.3. The summed E-state index contributed by atoms with van der Waals surface area (Å²) < 4.78 is 4.99. The Kier molecular flexibility index (Phi) is 3.82. The van der Waals surface area contributed by atoms with Crippen molar-refractivity contribution in [2.24, 2.45) is 10.9 Å². The monoisotopic (exact) mass is 259 g/mol. The van der Waals surface area contributed by atoms with E-state index in [1.165, 1.54) is 6.26 Å². The van der Waals surface area contributed by atoms with Crippen LogP contribution in [-0.2, 0) is 6.42 Å². The van der Waals surface area contributed by atoms with E-state index in [1.54, 1.807) is 36.4 Å². The van der Waals surface area contributed by atoms with Gasteiger partial charge in [-0.1, -0.05) is 17.3 Å². The molecular formula is C13H13N3O3. The van der Waals surface area contributed by atoms with Crippen LogP contribution in [0.4, 0.5) is 5.69 Å². The Morgan fingerprint density at radius 2 is 2.05 bits per heavy atom. The molecule has 0 unspecified atom stereocenters. The first-order valence-electron chi connectivity index (χ1n) is 5.59. The molecule has 0 atom stereocenters. The van der Waals surface area contributed by atoms with Gasteiger partial charge in [0.05, 0.1) is 6.26 Å². The summed E-state index contributed by atoms with van der Waals surface area (Å²) >= 11 is 0. The van der Waals surface area contributed by atoms with E-state index in [1.807, 2.05) is 0 Å². The van der Waals surface area contributed by atoms with Crippen LogP contribution < -0.4 is 11.1 Å². The minimum absolute atomic E-state index is 0.132. The lowest BCUT2D eigenvalue weighted by molar-refractivity contribution is 0.0996. The summed E-state index contributed by atoms with van der Waals surface area (Å²) in [5, 5.41) is 14.1. The number of hydrogen-bond acceptors (Lipinski definition) is 4. The Hall–Kier alpha value is -2.76. The minimum atomic E-state index is -0.311. The van der Waals surface area contributed by atoms with E-state index in [4.69, 9.17) is 15.4 Å². The molecule has 1 heterocycles. The molecule has 98 valence electrons. The van der Waals surface area contributed by atoms with E-state index >= 15 is 0 Å². The van der Waals surface area contributed by atoms with E-state index in [0.29, 0.717) is 12.1 Å². The Morgan fingerprint density at radius 3 is 2.63 bits per heavy atom. The van der Waals surface area contributed by atoms with Crippen molar-refractivity contribution in [3.8, 4) is 0 Å². The van der Waals surface area contributed by atoms with Gasteiger partial charge in [-0.3, -0.25) is 4.79 Å². The van der Waals surface area contributed by atoms with Crippen LogP contribution >= 0.6 is 0 Å². The highest BCUT2D eigenvalue weighted by Crippen LogP contribution is 2.12. The fourth-order valence-corrected chi connectivity index (χ4v) is 1.55. The van der Waals surface area contributed by atoms with Crippen molar-refractivity contribution in [3.05, 3.63) is 54.0 Å². The molecule has 0 aliphatic carbocycles. The summed E-state index contributed by atoms with van der Waals surface area (Å²) in [5.41, 5.74) is 6.93. The van der Waals surface area contributed by atoms with Gasteiger partial charge in [0, 0.05) is 12.1 Å². The second-order valence-corrected chi connectivity index (χ2v) is 3.90. The molecule has 0 radical (unpaired) electrons. The molecular weight excluding hydrogens is 246 g/mol. The number of oxime groups is 1. The van der Waals surface area contributed by atoms with Crippen LogP contribution in [0.25, 0.3) is 0 Å². The number of amides is 1. The Balaban J connectivity index is 2.01. The first kappa shape index (κ1) is 12.7. The number of hydrogen-bond donors (Lipinski definition) is 3. The third kappa shape index (κ3) is 3.35. The van der Waals surface area contributed by atoms with Crippen molar-refractivity contribution in [1.29, 1.82) is 0 Å². The minimum Gasteiger partial charge on any atom is -0.459 e. The van der Waals surface area contributed by atoms with Gasteiger partial charge in [0.15, 0.2) is 5.76 Å². The zero-order valence-electron chi connectivity index (χ0n) is 10.0. The smallest absolute Gasteiger partial charge is 0.291 e. The molecule has 1 amide bonds. The van der Waals surface area contributed by atoms with Gasteiger partial charge in [0.25, 0.3) is 5.91 Å². The maximum absolute atomic E-state index is 11.7. The predicted molar refractivity (Wildman–Crippen MR) is 70.2 cm³/mol. The highest BCUT2D eigenvalue weighted by Gasteiger charge is 2.08. The number of furan rings is 1. The second-order valence-electron chi connectivity index (χ2n) is 3.90. The molecule has 0 saturated heterocycles. The van der Waals surface area contributed by atoms with Crippen LogP contribution in [0.2, 0.25) is 0 Å². The predicted octanol–water partition coefficient (Wildman–Crippen LogP) is 1.82. The molecule has 6 heteroatoms. The van der Waals surface area contributed by atoms with Crippen LogP contribution in [0.15, 0.2) is 52.2 Å². The maximum atomic E-state index is 11.7. The molecule has 0 aliphatic rings. The van der Waals surface area contributed by atoms with Gasteiger partial charge >= 0.3 is 0 Å². The molecule has 2 aromatic rings. The fraction of sp³-hybridized carbons (Fsp3) is 0.0769. The van der Waals surface area contributed by atoms with Crippen molar-refractivity contribution >= 4 is 17.4 Å². The molecule has 0 saturated carbocycles. The van der Waals surface area contributed by atoms with Gasteiger partial charge in [-0.2, -0.15) is 0 Å². The summed E-state index contributed by atoms with van der Waals surface area (Å²) in [4.78, 5) is 11.7. The summed E-state index contributed by atoms with van der Waals surface area (Å²) in [7, 11) is 0. The lowest BCUT2D eigenvalue weighted by Crippen LogP contribution is -2.15. The molecule has 0 spiro atoms. The number of nitrogens with two attached hydrogens (primary N) is 1. The largest absolute Gasteiger partial charge is 0.459 e. The van der Waals surface area contributed by atoms with Crippen LogP contribution in [-0.4, -0.2) is 17.0 Å². The molecule has 0 bridgehead atoms. The number of benzene rings is 1. The summed E-state index contributed by atoms with van der Waals surface area (Å²) in [5.74, 6) is 0.0716. The van der Waals surface area contributed by atoms with Crippen molar-refractivity contribution in [1.82, 2.24) is 0 Å². The van der Waals surface area contributed by atoms with Crippen molar-refractivity contribution in [2.75, 3.05) is 5.32 Å². The van der Waals surface area contributed by atoms with E-state index in [-0.39, 0.29) is 17.5 Å². The molecule has 0 fully saturated rings. The van der Waals surface area contributed by atoms with Gasteiger partial charge in [-0.25, -0.2) is 0 Å². The van der Waals surface area contributed by atoms with Gasteiger partial charge < -0.3 is 20.7 Å². The molecule has 6 nitrogen and oxygen atoms in total. The van der Waals surface area contributed by atoms with Crippen LogP contribution in [0.5, 0.6) is 0 Å². The number of carbonyl (C=O) groups is 1. The normalized spacial score (nSPS) is 11.3. The van der Waals surface area contributed by atoms with Gasteiger partial charge in [-0.15, -0.1) is 0 Å². The standard InChI is InChI=1S/C13H13N3O3/c14-12(16-18)8-9-3-5-10(6-4-9)15-13(17)11-2-1-7-19-11/h1-7,18H,8H2,(H2,14,16)(H,15,17). The van der Waals surface area contributed by atoms with Crippen LogP contribution in [0, 0.1) is 0 Å². The zero-order chi connectivity index (χ0) is 13.7. The molecule has 4 N–H and O–H groups in total. The quantitative estimate of drug-likeness (QED) is 0.337. The second kappa shape index (κ2) is 5.72. The molecule has 19 heavy (non-hydrogen) atoms. The highest BCUT2D eigenvalue weighted by atomic mass is 16.4. The summed E-state index contributed by atoms with van der Waals surface area (Å²) in [6.45, 7) is 0. The Morgan fingerprint density at radius 1 is 1.32 bits per heavy atom. The zero-order valence-corrected chi connectivity index (χ0v) is 10.0. The molecule has 0 aliphatic heterocycles. The number of amidine groups is 1. The fourth-order valence-electron chi connectivity index (χ4n) is 1.55. The lowest BCUT2D eigenvalue weighted by atomic mass is 10.1. The Labute approximate surface area is 109 Å². The van der Waals surface area contributed by atoms with E-state index in [2.05, 4.69) is 10.5 Å². The lowest BCUT2D eigenvalue weighted by Gasteiger charge is -2.04. The average Bonchev–Trinajstić information content (AvgIpc) is 2.95. The SMILES string of the molecule is NC(Cc1ccc(NC(=O)c2ccco2)cc1)=NO. The molecule has 1 aromatic heterocycles. The summed E-state index contributed by atoms with van der Waals surface area (Å²) in [6.07, 6.45) is 1.79. The van der Waals surface area contributed by atoms with Crippen LogP contribution in [0.3, 0.4) is 0 Å². The maximum Gasteiger partial charge on any atom is 0.291 e. The first-order chi connectivity index (χ1) is 9.19. The van der Waals surface area contributed by atoms with E-state index < -0.39 is 0 Å². The number of nitrogens with one attached hydrogen (secondary N) is 1. The van der Waals surface area contributed by atoms with Crippen LogP contribution in [0.1, 0.15) is 16.1 Å². The van der Waals surface area contributed by atoms with E-state index in [0.717, 1.165) is 5.56 Å². The number of anilines is 1. The third-order valence-electron chi connectivity index (χ3n) is 2.47. The number of carbonyl (C=O) groups excluding carboxylic acids is 1. The molecule has 1 aromatic carbocycles. The average molecular weight is 259 g/mol. The van der Waals surface area contributed by atoms with Gasteiger partial charge in [0.2, 0.25) is 0 Å². The van der Waals surface area contributed by atoms with Gasteiger partial charge in [0.1, 0.15) is 5.84 Å². The van der Waals surface area contributed by atoms with Crippen molar-refractivity contribution in [3.63, 3.8) is 0 Å². The number of rotatable bonds is 4. The van der Waals surface area contributed by atoms with Gasteiger partial charge in [-0.05, 0) is 29.8 Å². The topological polar surface area (TPSA) is 101 Å².